The second-order valence-corrected chi connectivity index (χ2v) is 7.75. The molecule has 0 aliphatic carbocycles. The summed E-state index contributed by atoms with van der Waals surface area (Å²) in [6.07, 6.45) is 0. The van der Waals surface area contributed by atoms with Gasteiger partial charge >= 0.3 is 0 Å². The molecule has 2 unspecified atom stereocenters. The lowest BCUT2D eigenvalue weighted by Gasteiger charge is -2.36. The van der Waals surface area contributed by atoms with Crippen LogP contribution in [0.2, 0.25) is 0 Å². The molecule has 4 heteroatoms. The van der Waals surface area contributed by atoms with Gasteiger partial charge in [0.25, 0.3) is 0 Å². The second kappa shape index (κ2) is 6.42. The van der Waals surface area contributed by atoms with Crippen LogP contribution in [0.25, 0.3) is 0 Å². The number of nitrogens with zero attached hydrogens (tertiary/aromatic N) is 3. The molecule has 3 aliphatic rings. The molecule has 3 aliphatic heterocycles. The summed E-state index contributed by atoms with van der Waals surface area (Å²) in [5.41, 5.74) is 4.48. The van der Waals surface area contributed by atoms with Gasteiger partial charge in [-0.2, -0.15) is 0 Å². The third-order valence-corrected chi connectivity index (χ3v) is 6.00. The minimum Gasteiger partial charge on any atom is -0.368 e. The highest BCUT2D eigenvalue weighted by Crippen LogP contribution is 2.31. The van der Waals surface area contributed by atoms with Crippen LogP contribution >= 0.6 is 0 Å². The van der Waals surface area contributed by atoms with Gasteiger partial charge in [0, 0.05) is 51.5 Å². The Labute approximate surface area is 140 Å². The zero-order chi connectivity index (χ0) is 15.8. The Hall–Kier alpha value is -1.10. The van der Waals surface area contributed by atoms with E-state index >= 15 is 0 Å². The Kier molecular flexibility index (Phi) is 4.31. The highest BCUT2D eigenvalue weighted by Gasteiger charge is 2.36. The molecule has 3 fully saturated rings. The van der Waals surface area contributed by atoms with Crippen molar-refractivity contribution in [2.75, 3.05) is 64.3 Å². The average molecular weight is 314 g/mol. The first-order valence-corrected chi connectivity index (χ1v) is 9.16. The monoisotopic (exact) mass is 314 g/mol. The second-order valence-electron chi connectivity index (χ2n) is 7.75. The van der Waals surface area contributed by atoms with Crippen LogP contribution in [0.3, 0.4) is 0 Å². The minimum atomic E-state index is 0.881. The Balaban J connectivity index is 1.51. The fourth-order valence-electron chi connectivity index (χ4n) is 4.65. The van der Waals surface area contributed by atoms with Crippen molar-refractivity contribution < 1.29 is 0 Å². The number of hydrogen-bond acceptors (Lipinski definition) is 4. The van der Waals surface area contributed by atoms with Crippen molar-refractivity contribution in [3.63, 3.8) is 0 Å². The van der Waals surface area contributed by atoms with Crippen molar-refractivity contribution in [1.29, 1.82) is 0 Å². The lowest BCUT2D eigenvalue weighted by molar-refractivity contribution is 0.301. The van der Waals surface area contributed by atoms with Gasteiger partial charge < -0.3 is 15.1 Å². The van der Waals surface area contributed by atoms with E-state index in [0.29, 0.717) is 0 Å². The summed E-state index contributed by atoms with van der Waals surface area (Å²) in [6, 6.07) is 6.87. The molecule has 23 heavy (non-hydrogen) atoms. The molecule has 1 N–H and O–H groups in total. The first-order valence-electron chi connectivity index (χ1n) is 9.16. The van der Waals surface area contributed by atoms with Crippen LogP contribution in [0.4, 0.5) is 5.69 Å². The number of likely N-dealkylation sites (N-methyl/N-ethyl adjacent to an activating group) is 1. The zero-order valence-electron chi connectivity index (χ0n) is 14.6. The molecule has 0 radical (unpaired) electrons. The van der Waals surface area contributed by atoms with Crippen molar-refractivity contribution in [2.45, 2.75) is 13.5 Å². The molecule has 4 rings (SSSR count). The van der Waals surface area contributed by atoms with Crippen molar-refractivity contribution in [1.82, 2.24) is 15.1 Å². The number of fused-ring (bicyclic) bond motifs is 1. The third kappa shape index (κ3) is 3.12. The first kappa shape index (κ1) is 15.4. The van der Waals surface area contributed by atoms with E-state index in [9.17, 15) is 0 Å². The zero-order valence-corrected chi connectivity index (χ0v) is 14.6. The van der Waals surface area contributed by atoms with Gasteiger partial charge in [0.15, 0.2) is 0 Å². The number of anilines is 1. The minimum absolute atomic E-state index is 0.881. The van der Waals surface area contributed by atoms with Gasteiger partial charge in [-0.3, -0.25) is 4.90 Å². The Morgan fingerprint density at radius 3 is 2.43 bits per heavy atom. The summed E-state index contributed by atoms with van der Waals surface area (Å²) in [5, 5.41) is 3.55. The number of benzene rings is 1. The van der Waals surface area contributed by atoms with E-state index < -0.39 is 0 Å². The molecule has 0 spiro atoms. The molecule has 0 saturated carbocycles. The number of piperazine rings is 1. The molecule has 3 heterocycles. The van der Waals surface area contributed by atoms with Gasteiger partial charge in [0.05, 0.1) is 0 Å². The molecule has 1 aromatic rings. The summed E-state index contributed by atoms with van der Waals surface area (Å²) < 4.78 is 0. The lowest BCUT2D eigenvalue weighted by Crippen LogP contribution is -2.45. The Morgan fingerprint density at radius 1 is 1.04 bits per heavy atom. The lowest BCUT2D eigenvalue weighted by atomic mass is 10.0. The number of likely N-dealkylation sites (tertiary alicyclic amines) is 1. The summed E-state index contributed by atoms with van der Waals surface area (Å²) in [6.45, 7) is 13.0. The summed E-state index contributed by atoms with van der Waals surface area (Å²) in [7, 11) is 2.23. The first-order chi connectivity index (χ1) is 11.2. The van der Waals surface area contributed by atoms with E-state index in [-0.39, 0.29) is 0 Å². The smallest absolute Gasteiger partial charge is 0.0442 e. The van der Waals surface area contributed by atoms with Crippen LogP contribution in [-0.4, -0.2) is 69.2 Å². The van der Waals surface area contributed by atoms with E-state index in [1.165, 1.54) is 56.1 Å². The predicted molar refractivity (Wildman–Crippen MR) is 96.0 cm³/mol. The van der Waals surface area contributed by atoms with Gasteiger partial charge in [0.2, 0.25) is 0 Å². The Morgan fingerprint density at radius 2 is 1.74 bits per heavy atom. The van der Waals surface area contributed by atoms with Crippen molar-refractivity contribution in [3.05, 3.63) is 29.3 Å². The van der Waals surface area contributed by atoms with Crippen LogP contribution in [0.5, 0.6) is 0 Å². The van der Waals surface area contributed by atoms with Crippen LogP contribution in [0, 0.1) is 18.8 Å². The molecular formula is C19H30N4. The number of nitrogens with one attached hydrogen (secondary N) is 1. The van der Waals surface area contributed by atoms with Crippen LogP contribution in [0.15, 0.2) is 18.2 Å². The normalized spacial score (nSPS) is 29.2. The molecule has 0 bridgehead atoms. The summed E-state index contributed by atoms with van der Waals surface area (Å²) in [4.78, 5) is 7.73. The molecule has 126 valence electrons. The number of para-hydroxylation sites is 1. The number of hydrogen-bond donors (Lipinski definition) is 1. The van der Waals surface area contributed by atoms with Crippen LogP contribution < -0.4 is 10.2 Å². The summed E-state index contributed by atoms with van der Waals surface area (Å²) in [5.74, 6) is 1.76. The van der Waals surface area contributed by atoms with Gasteiger partial charge in [-0.05, 0) is 50.0 Å². The van der Waals surface area contributed by atoms with E-state index in [1.54, 1.807) is 0 Å². The van der Waals surface area contributed by atoms with Gasteiger partial charge in [0.1, 0.15) is 0 Å². The molecule has 0 aromatic heterocycles. The largest absolute Gasteiger partial charge is 0.368 e. The SMILES string of the molecule is Cc1cccc(CN2CC3CNCC3C2)c1N1CCN(C)CC1. The third-order valence-electron chi connectivity index (χ3n) is 6.00. The van der Waals surface area contributed by atoms with Gasteiger partial charge in [-0.25, -0.2) is 0 Å². The van der Waals surface area contributed by atoms with E-state index in [2.05, 4.69) is 52.2 Å². The fraction of sp³-hybridized carbons (Fsp3) is 0.684. The van der Waals surface area contributed by atoms with Gasteiger partial charge in [-0.1, -0.05) is 18.2 Å². The molecular weight excluding hydrogens is 284 g/mol. The average Bonchev–Trinajstić information content (AvgIpc) is 3.10. The van der Waals surface area contributed by atoms with E-state index in [1.807, 2.05) is 0 Å². The van der Waals surface area contributed by atoms with Crippen LogP contribution in [0.1, 0.15) is 11.1 Å². The summed E-state index contributed by atoms with van der Waals surface area (Å²) >= 11 is 0. The highest BCUT2D eigenvalue weighted by molar-refractivity contribution is 5.59. The number of aryl methyl sites for hydroxylation is 1. The highest BCUT2D eigenvalue weighted by atomic mass is 15.3. The maximum absolute atomic E-state index is 3.55. The maximum Gasteiger partial charge on any atom is 0.0442 e. The van der Waals surface area contributed by atoms with Crippen LogP contribution in [-0.2, 0) is 6.54 Å². The van der Waals surface area contributed by atoms with E-state index in [4.69, 9.17) is 0 Å². The molecule has 0 amide bonds. The van der Waals surface area contributed by atoms with Gasteiger partial charge in [-0.15, -0.1) is 0 Å². The Bertz CT molecular complexity index is 538. The van der Waals surface area contributed by atoms with Crippen molar-refractivity contribution in [3.8, 4) is 0 Å². The molecule has 4 nitrogen and oxygen atoms in total. The topological polar surface area (TPSA) is 21.8 Å². The quantitative estimate of drug-likeness (QED) is 0.910. The predicted octanol–water partition coefficient (Wildman–Crippen LogP) is 1.40. The maximum atomic E-state index is 3.55. The standard InChI is InChI=1S/C19H30N4/c1-15-4-3-5-16(19(15)23-8-6-21(2)7-9-23)12-22-13-17-10-20-11-18(17)14-22/h3-5,17-18,20H,6-14H2,1-2H3. The van der Waals surface area contributed by atoms with Crippen molar-refractivity contribution >= 4 is 5.69 Å². The molecule has 1 aromatic carbocycles. The number of rotatable bonds is 3. The fourth-order valence-corrected chi connectivity index (χ4v) is 4.65. The van der Waals surface area contributed by atoms with Crippen molar-refractivity contribution in [2.24, 2.45) is 11.8 Å². The van der Waals surface area contributed by atoms with E-state index in [0.717, 1.165) is 31.5 Å². The molecule has 2 atom stereocenters. The molecule has 3 saturated heterocycles.